The summed E-state index contributed by atoms with van der Waals surface area (Å²) in [4.78, 5) is 34.1. The maximum atomic E-state index is 13.6. The van der Waals surface area contributed by atoms with Crippen LogP contribution in [0, 0.1) is 29.1 Å². The summed E-state index contributed by atoms with van der Waals surface area (Å²) in [6, 6.07) is 0.0380. The Morgan fingerprint density at radius 3 is 1.34 bits per heavy atom. The van der Waals surface area contributed by atoms with Crippen molar-refractivity contribution in [1.82, 2.24) is 0 Å². The minimum atomic E-state index is -3.87. The smallest absolute Gasteiger partial charge is 0.455 e. The molecule has 0 radical (unpaired) electrons. The molecule has 1 aromatic rings. The molecule has 0 unspecified atom stereocenters. The van der Waals surface area contributed by atoms with Crippen LogP contribution >= 0.6 is 0 Å². The Morgan fingerprint density at radius 2 is 0.938 bits per heavy atom. The fourth-order valence-corrected chi connectivity index (χ4v) is 5.52. The molecule has 0 aliphatic rings. The Morgan fingerprint density at radius 1 is 0.594 bits per heavy atom. The van der Waals surface area contributed by atoms with Gasteiger partial charge in [0.2, 0.25) is 5.82 Å². The van der Waals surface area contributed by atoms with E-state index < -0.39 is 61.4 Å². The predicted octanol–water partition coefficient (Wildman–Crippen LogP) is 4.89. The maximum Gasteiger partial charge on any atom is 0.705 e. The van der Waals surface area contributed by atoms with Crippen LogP contribution in [0.15, 0.2) is 0 Å². The van der Waals surface area contributed by atoms with Gasteiger partial charge in [-0.05, 0) is 19.3 Å². The first-order valence-electron chi connectivity index (χ1n) is 9.99. The van der Waals surface area contributed by atoms with Crippen LogP contribution in [-0.4, -0.2) is 26.7 Å². The van der Waals surface area contributed by atoms with Gasteiger partial charge in [-0.15, -0.1) is 0 Å². The van der Waals surface area contributed by atoms with E-state index in [1.165, 1.54) is 0 Å². The van der Waals surface area contributed by atoms with E-state index in [0.29, 0.717) is 32.1 Å². The summed E-state index contributed by atoms with van der Waals surface area (Å²) in [7, 11) is -3.87. The molecule has 0 N–H and O–H groups in total. The SMILES string of the molecule is CC(=O)O[Si](CCCCCCCCc1c(F)c(F)c(F)c(F)c1F)(OC(C)=O)OC(C)=O. The van der Waals surface area contributed by atoms with E-state index in [0.717, 1.165) is 20.8 Å². The Labute approximate surface area is 183 Å². The molecular formula is C20H25F5O6Si. The van der Waals surface area contributed by atoms with Crippen LogP contribution in [0.25, 0.3) is 0 Å². The molecule has 0 saturated carbocycles. The van der Waals surface area contributed by atoms with Crippen molar-refractivity contribution in [3.05, 3.63) is 34.6 Å². The molecule has 0 amide bonds. The van der Waals surface area contributed by atoms with Crippen molar-refractivity contribution in [1.29, 1.82) is 0 Å². The number of carbonyl (C=O) groups excluding carboxylic acids is 3. The first kappa shape index (κ1) is 27.5. The monoisotopic (exact) mass is 484 g/mol. The van der Waals surface area contributed by atoms with Gasteiger partial charge in [-0.1, -0.05) is 25.7 Å². The highest BCUT2D eigenvalue weighted by atomic mass is 28.4. The lowest BCUT2D eigenvalue weighted by Gasteiger charge is -2.26. The van der Waals surface area contributed by atoms with Gasteiger partial charge in [0.15, 0.2) is 23.3 Å². The van der Waals surface area contributed by atoms with Crippen molar-refractivity contribution in [3.8, 4) is 0 Å². The average Bonchev–Trinajstić information content (AvgIpc) is 2.67. The molecule has 0 spiro atoms. The summed E-state index contributed by atoms with van der Waals surface area (Å²) in [5, 5.41) is 0. The van der Waals surface area contributed by atoms with Crippen LogP contribution < -0.4 is 0 Å². The average molecular weight is 484 g/mol. The normalized spacial score (nSPS) is 11.2. The molecule has 6 nitrogen and oxygen atoms in total. The summed E-state index contributed by atoms with van der Waals surface area (Å²) >= 11 is 0. The largest absolute Gasteiger partial charge is 0.705 e. The molecule has 0 fully saturated rings. The lowest BCUT2D eigenvalue weighted by atomic mass is 10.0. The third kappa shape index (κ3) is 8.21. The van der Waals surface area contributed by atoms with Crippen LogP contribution in [0.3, 0.4) is 0 Å². The number of hydrogen-bond acceptors (Lipinski definition) is 6. The van der Waals surface area contributed by atoms with Crippen LogP contribution in [0.1, 0.15) is 64.9 Å². The van der Waals surface area contributed by atoms with Crippen LogP contribution in [-0.2, 0) is 34.1 Å². The Hall–Kier alpha value is -2.50. The van der Waals surface area contributed by atoms with Crippen LogP contribution in [0.2, 0.25) is 6.04 Å². The van der Waals surface area contributed by atoms with Crippen molar-refractivity contribution in [2.24, 2.45) is 0 Å². The molecule has 0 bridgehead atoms. The van der Waals surface area contributed by atoms with Gasteiger partial charge < -0.3 is 13.3 Å². The van der Waals surface area contributed by atoms with E-state index in [4.69, 9.17) is 13.3 Å². The third-order valence-electron chi connectivity index (χ3n) is 4.36. The predicted molar refractivity (Wildman–Crippen MR) is 103 cm³/mol. The zero-order chi connectivity index (χ0) is 24.5. The van der Waals surface area contributed by atoms with Crippen LogP contribution in [0.4, 0.5) is 22.0 Å². The summed E-state index contributed by atoms with van der Waals surface area (Å²) in [5.41, 5.74) is -0.832. The zero-order valence-electron chi connectivity index (χ0n) is 18.0. The molecule has 12 heteroatoms. The Balaban J connectivity index is 2.50. The topological polar surface area (TPSA) is 78.9 Å². The summed E-state index contributed by atoms with van der Waals surface area (Å²) in [5.74, 6) is -12.0. The molecule has 180 valence electrons. The number of rotatable bonds is 12. The summed E-state index contributed by atoms with van der Waals surface area (Å²) in [6.45, 7) is 3.29. The van der Waals surface area contributed by atoms with Gasteiger partial charge in [0.05, 0.1) is 6.04 Å². The number of hydrogen-bond donors (Lipinski definition) is 0. The molecule has 0 atom stereocenters. The minimum Gasteiger partial charge on any atom is -0.455 e. The van der Waals surface area contributed by atoms with Crippen molar-refractivity contribution >= 4 is 26.7 Å². The summed E-state index contributed by atoms with van der Waals surface area (Å²) in [6.07, 6.45) is 2.58. The van der Waals surface area contributed by atoms with E-state index in [1.54, 1.807) is 0 Å². The number of benzene rings is 1. The highest BCUT2D eigenvalue weighted by Gasteiger charge is 2.51. The number of unbranched alkanes of at least 4 members (excludes halogenated alkanes) is 5. The van der Waals surface area contributed by atoms with Gasteiger partial charge in [-0.2, -0.15) is 0 Å². The number of halogens is 5. The molecule has 0 saturated heterocycles. The maximum absolute atomic E-state index is 13.6. The third-order valence-corrected chi connectivity index (χ3v) is 7.12. The fraction of sp³-hybridized carbons (Fsp3) is 0.550. The Bertz CT molecular complexity index is 778. The van der Waals surface area contributed by atoms with Gasteiger partial charge in [0.25, 0.3) is 17.9 Å². The van der Waals surface area contributed by atoms with E-state index in [2.05, 4.69) is 0 Å². The van der Waals surface area contributed by atoms with Gasteiger partial charge in [-0.3, -0.25) is 14.4 Å². The lowest BCUT2D eigenvalue weighted by Crippen LogP contribution is -2.49. The van der Waals surface area contributed by atoms with Crippen molar-refractivity contribution in [2.75, 3.05) is 0 Å². The second kappa shape index (κ2) is 12.5. The molecule has 32 heavy (non-hydrogen) atoms. The van der Waals surface area contributed by atoms with Gasteiger partial charge in [-0.25, -0.2) is 22.0 Å². The molecule has 0 aliphatic carbocycles. The summed E-state index contributed by atoms with van der Waals surface area (Å²) < 4.78 is 81.9. The first-order chi connectivity index (χ1) is 14.9. The van der Waals surface area contributed by atoms with Crippen molar-refractivity contribution in [2.45, 2.75) is 71.8 Å². The van der Waals surface area contributed by atoms with Gasteiger partial charge in [0, 0.05) is 26.3 Å². The fourth-order valence-electron chi connectivity index (χ4n) is 3.09. The van der Waals surface area contributed by atoms with Gasteiger partial charge in [0.1, 0.15) is 0 Å². The number of carbonyl (C=O) groups is 3. The van der Waals surface area contributed by atoms with Crippen molar-refractivity contribution < 1.29 is 49.6 Å². The lowest BCUT2D eigenvalue weighted by molar-refractivity contribution is -0.147. The van der Waals surface area contributed by atoms with Crippen LogP contribution in [0.5, 0.6) is 0 Å². The molecule has 1 rings (SSSR count). The molecular weight excluding hydrogens is 459 g/mol. The standard InChI is InChI=1S/C20H25F5O6Si/c1-12(26)29-32(30-13(2)27,31-14(3)28)11-9-7-5-4-6-8-10-15-16(21)18(23)20(25)19(24)17(15)22/h4-11H2,1-3H3. The van der Waals surface area contributed by atoms with E-state index >= 15 is 0 Å². The Kier molecular flexibility index (Phi) is 10.8. The van der Waals surface area contributed by atoms with Gasteiger partial charge >= 0.3 is 8.80 Å². The van der Waals surface area contributed by atoms with E-state index in [9.17, 15) is 36.3 Å². The first-order valence-corrected chi connectivity index (χ1v) is 11.9. The molecule has 0 aliphatic heterocycles. The molecule has 1 aromatic carbocycles. The van der Waals surface area contributed by atoms with E-state index in [-0.39, 0.29) is 18.9 Å². The zero-order valence-corrected chi connectivity index (χ0v) is 19.0. The highest BCUT2D eigenvalue weighted by molar-refractivity contribution is 6.65. The quantitative estimate of drug-likeness (QED) is 0.138. The molecule has 0 heterocycles. The van der Waals surface area contributed by atoms with Crippen molar-refractivity contribution in [3.63, 3.8) is 0 Å². The highest BCUT2D eigenvalue weighted by Crippen LogP contribution is 2.25. The van der Waals surface area contributed by atoms with E-state index in [1.807, 2.05) is 0 Å². The minimum absolute atomic E-state index is 0.0380. The molecule has 0 aromatic heterocycles. The second-order valence-corrected chi connectivity index (χ2v) is 9.61. The second-order valence-electron chi connectivity index (χ2n) is 7.13.